The number of fused-ring (bicyclic) bond motifs is 1. The molecule has 0 aliphatic carbocycles. The molecule has 0 spiro atoms. The third kappa shape index (κ3) is 4.32. The first-order valence-electron chi connectivity index (χ1n) is 9.66. The zero-order chi connectivity index (χ0) is 18.5. The maximum Gasteiger partial charge on any atom is 0.264 e. The van der Waals surface area contributed by atoms with Gasteiger partial charge in [-0.2, -0.15) is 0 Å². The molecule has 0 radical (unpaired) electrons. The molecule has 0 bridgehead atoms. The second-order valence-electron chi connectivity index (χ2n) is 7.01. The summed E-state index contributed by atoms with van der Waals surface area (Å²) in [6.45, 7) is 2.79. The number of para-hydroxylation sites is 2. The summed E-state index contributed by atoms with van der Waals surface area (Å²) < 4.78 is 11.3. The standard InChI is InChI=1S/C21H25N3O3/c25-21(19-15-26-17-7-3-4-8-18(17)27-19)23-14-16-9-10-20(22-13-16)24-11-5-1-2-6-12-24/h3-4,7-10,13,19H,1-2,5-6,11-12,14-15H2,(H,23,25)/t19-/m0/s1. The maximum atomic E-state index is 12.4. The summed E-state index contributed by atoms with van der Waals surface area (Å²) in [5, 5.41) is 2.91. The van der Waals surface area contributed by atoms with Crippen LogP contribution in [0.1, 0.15) is 31.2 Å². The van der Waals surface area contributed by atoms with Crippen LogP contribution in [0.25, 0.3) is 0 Å². The van der Waals surface area contributed by atoms with Gasteiger partial charge in [0.05, 0.1) is 0 Å². The normalized spacial score (nSPS) is 19.3. The summed E-state index contributed by atoms with van der Waals surface area (Å²) in [4.78, 5) is 19.3. The predicted molar refractivity (Wildman–Crippen MR) is 103 cm³/mol. The topological polar surface area (TPSA) is 63.7 Å². The van der Waals surface area contributed by atoms with E-state index in [1.54, 1.807) is 6.07 Å². The number of amides is 1. The molecule has 1 N–H and O–H groups in total. The molecule has 142 valence electrons. The molecule has 0 saturated carbocycles. The van der Waals surface area contributed by atoms with Crippen molar-refractivity contribution in [2.75, 3.05) is 24.6 Å². The first-order valence-corrected chi connectivity index (χ1v) is 9.66. The zero-order valence-corrected chi connectivity index (χ0v) is 15.4. The summed E-state index contributed by atoms with van der Waals surface area (Å²) in [5.41, 5.74) is 0.971. The van der Waals surface area contributed by atoms with E-state index in [9.17, 15) is 4.79 Å². The molecule has 0 unspecified atom stereocenters. The quantitative estimate of drug-likeness (QED) is 0.900. The molecule has 1 atom stereocenters. The molecule has 1 amide bonds. The predicted octanol–water partition coefficient (Wildman–Crippen LogP) is 2.92. The Kier molecular flexibility index (Phi) is 5.42. The summed E-state index contributed by atoms with van der Waals surface area (Å²) in [7, 11) is 0. The smallest absolute Gasteiger partial charge is 0.264 e. The maximum absolute atomic E-state index is 12.4. The molecular formula is C21H25N3O3. The third-order valence-electron chi connectivity index (χ3n) is 5.01. The van der Waals surface area contributed by atoms with Gasteiger partial charge in [-0.3, -0.25) is 4.79 Å². The highest BCUT2D eigenvalue weighted by atomic mass is 16.6. The molecule has 1 saturated heterocycles. The van der Waals surface area contributed by atoms with Gasteiger partial charge in [-0.1, -0.05) is 31.0 Å². The van der Waals surface area contributed by atoms with Gasteiger partial charge in [-0.25, -0.2) is 4.98 Å². The molecule has 2 aliphatic rings. The van der Waals surface area contributed by atoms with E-state index >= 15 is 0 Å². The fourth-order valence-corrected chi connectivity index (χ4v) is 3.46. The Morgan fingerprint density at radius 3 is 2.59 bits per heavy atom. The molecule has 2 aromatic rings. The van der Waals surface area contributed by atoms with Gasteiger partial charge >= 0.3 is 0 Å². The molecule has 6 heteroatoms. The Morgan fingerprint density at radius 1 is 1.07 bits per heavy atom. The van der Waals surface area contributed by atoms with Crippen LogP contribution < -0.4 is 19.7 Å². The van der Waals surface area contributed by atoms with E-state index in [2.05, 4.69) is 15.2 Å². The van der Waals surface area contributed by atoms with Crippen molar-refractivity contribution < 1.29 is 14.3 Å². The van der Waals surface area contributed by atoms with Crippen LogP contribution in [0, 0.1) is 0 Å². The van der Waals surface area contributed by atoms with Gasteiger partial charge < -0.3 is 19.7 Å². The number of carbonyl (C=O) groups is 1. The number of hydrogen-bond acceptors (Lipinski definition) is 5. The van der Waals surface area contributed by atoms with Crippen LogP contribution in [0.2, 0.25) is 0 Å². The van der Waals surface area contributed by atoms with Gasteiger partial charge in [0.25, 0.3) is 5.91 Å². The van der Waals surface area contributed by atoms with Crippen LogP contribution in [-0.2, 0) is 11.3 Å². The molecular weight excluding hydrogens is 342 g/mol. The minimum absolute atomic E-state index is 0.180. The van der Waals surface area contributed by atoms with Crippen LogP contribution in [0.4, 0.5) is 5.82 Å². The van der Waals surface area contributed by atoms with Gasteiger partial charge in [-0.05, 0) is 36.6 Å². The Labute approximate surface area is 159 Å². The fourth-order valence-electron chi connectivity index (χ4n) is 3.46. The Hall–Kier alpha value is -2.76. The molecule has 1 aromatic heterocycles. The summed E-state index contributed by atoms with van der Waals surface area (Å²) in [5.74, 6) is 2.12. The first kappa shape index (κ1) is 17.6. The van der Waals surface area contributed by atoms with E-state index in [0.29, 0.717) is 18.0 Å². The van der Waals surface area contributed by atoms with E-state index < -0.39 is 6.10 Å². The number of anilines is 1. The summed E-state index contributed by atoms with van der Waals surface area (Å²) in [6.07, 6.45) is 6.27. The van der Waals surface area contributed by atoms with Crippen molar-refractivity contribution in [3.8, 4) is 11.5 Å². The number of benzene rings is 1. The van der Waals surface area contributed by atoms with Gasteiger partial charge in [0, 0.05) is 25.8 Å². The van der Waals surface area contributed by atoms with E-state index in [1.807, 2.05) is 36.5 Å². The summed E-state index contributed by atoms with van der Waals surface area (Å²) >= 11 is 0. The van der Waals surface area contributed by atoms with Crippen LogP contribution in [0.15, 0.2) is 42.6 Å². The van der Waals surface area contributed by atoms with Crippen molar-refractivity contribution in [1.82, 2.24) is 10.3 Å². The lowest BCUT2D eigenvalue weighted by atomic mass is 10.2. The molecule has 1 aromatic carbocycles. The van der Waals surface area contributed by atoms with Crippen LogP contribution in [-0.4, -0.2) is 36.7 Å². The van der Waals surface area contributed by atoms with Gasteiger partial charge in [-0.15, -0.1) is 0 Å². The number of ether oxygens (including phenoxy) is 2. The Balaban J connectivity index is 1.30. The van der Waals surface area contributed by atoms with Crippen molar-refractivity contribution in [3.63, 3.8) is 0 Å². The number of carbonyl (C=O) groups excluding carboxylic acids is 1. The monoisotopic (exact) mass is 367 g/mol. The molecule has 4 rings (SSSR count). The third-order valence-corrected chi connectivity index (χ3v) is 5.01. The largest absolute Gasteiger partial charge is 0.485 e. The number of aromatic nitrogens is 1. The highest BCUT2D eigenvalue weighted by Crippen LogP contribution is 2.30. The number of pyridine rings is 1. The lowest BCUT2D eigenvalue weighted by Crippen LogP contribution is -2.43. The molecule has 2 aliphatic heterocycles. The van der Waals surface area contributed by atoms with Crippen molar-refractivity contribution in [2.24, 2.45) is 0 Å². The SMILES string of the molecule is O=C(NCc1ccc(N2CCCCCC2)nc1)[C@@H]1COc2ccccc2O1. The van der Waals surface area contributed by atoms with Crippen molar-refractivity contribution >= 4 is 11.7 Å². The van der Waals surface area contributed by atoms with Crippen LogP contribution in [0.5, 0.6) is 11.5 Å². The van der Waals surface area contributed by atoms with Crippen molar-refractivity contribution in [2.45, 2.75) is 38.3 Å². The van der Waals surface area contributed by atoms with E-state index in [-0.39, 0.29) is 12.5 Å². The zero-order valence-electron chi connectivity index (χ0n) is 15.4. The molecule has 6 nitrogen and oxygen atoms in total. The number of nitrogens with zero attached hydrogens (tertiary/aromatic N) is 2. The Morgan fingerprint density at radius 2 is 1.85 bits per heavy atom. The van der Waals surface area contributed by atoms with Gasteiger partial charge in [0.2, 0.25) is 6.10 Å². The lowest BCUT2D eigenvalue weighted by molar-refractivity contribution is -0.130. The minimum atomic E-state index is -0.635. The van der Waals surface area contributed by atoms with Gasteiger partial charge in [0.1, 0.15) is 12.4 Å². The lowest BCUT2D eigenvalue weighted by Gasteiger charge is -2.25. The molecule has 3 heterocycles. The van der Waals surface area contributed by atoms with Crippen molar-refractivity contribution in [3.05, 3.63) is 48.2 Å². The second-order valence-corrected chi connectivity index (χ2v) is 7.01. The number of hydrogen-bond donors (Lipinski definition) is 1. The van der Waals surface area contributed by atoms with Gasteiger partial charge in [0.15, 0.2) is 11.5 Å². The first-order chi connectivity index (χ1) is 13.3. The van der Waals surface area contributed by atoms with Crippen LogP contribution in [0.3, 0.4) is 0 Å². The summed E-state index contributed by atoms with van der Waals surface area (Å²) in [6, 6.07) is 11.5. The average molecular weight is 367 g/mol. The fraction of sp³-hybridized carbons (Fsp3) is 0.429. The molecule has 27 heavy (non-hydrogen) atoms. The average Bonchev–Trinajstić information content (AvgIpc) is 3.01. The Bertz CT molecular complexity index is 770. The highest BCUT2D eigenvalue weighted by Gasteiger charge is 2.26. The van der Waals surface area contributed by atoms with Crippen LogP contribution >= 0.6 is 0 Å². The minimum Gasteiger partial charge on any atom is -0.485 e. The highest BCUT2D eigenvalue weighted by molar-refractivity contribution is 5.81. The van der Waals surface area contributed by atoms with E-state index in [0.717, 1.165) is 24.5 Å². The molecule has 1 fully saturated rings. The number of rotatable bonds is 4. The van der Waals surface area contributed by atoms with E-state index in [4.69, 9.17) is 9.47 Å². The number of nitrogens with one attached hydrogen (secondary N) is 1. The van der Waals surface area contributed by atoms with E-state index in [1.165, 1.54) is 25.7 Å². The second kappa shape index (κ2) is 8.29. The van der Waals surface area contributed by atoms with Crippen molar-refractivity contribution in [1.29, 1.82) is 0 Å².